The molecular weight excluding hydrogens is 218 g/mol. The van der Waals surface area contributed by atoms with Crippen molar-refractivity contribution >= 4 is 11.6 Å². The van der Waals surface area contributed by atoms with Crippen molar-refractivity contribution in [3.63, 3.8) is 0 Å². The predicted octanol–water partition coefficient (Wildman–Crippen LogP) is 2.26. The normalized spacial score (nSPS) is 27.5. The van der Waals surface area contributed by atoms with E-state index in [0.717, 1.165) is 17.0 Å². The Morgan fingerprint density at radius 3 is 2.88 bits per heavy atom. The van der Waals surface area contributed by atoms with Crippen molar-refractivity contribution in [2.45, 2.75) is 38.6 Å². The SMILES string of the molecule is CC(=O)Nc1ccc2c(c1)C1OC1C(C)(C)O2. The molecule has 1 aromatic rings. The van der Waals surface area contributed by atoms with E-state index in [2.05, 4.69) is 5.32 Å². The van der Waals surface area contributed by atoms with Gasteiger partial charge in [-0.15, -0.1) is 0 Å². The fraction of sp³-hybridized carbons (Fsp3) is 0.462. The molecule has 2 atom stereocenters. The summed E-state index contributed by atoms with van der Waals surface area (Å²) in [5.41, 5.74) is 1.54. The molecule has 1 N–H and O–H groups in total. The second-order valence-electron chi connectivity index (χ2n) is 5.12. The monoisotopic (exact) mass is 233 g/mol. The third-order valence-electron chi connectivity index (χ3n) is 3.19. The van der Waals surface area contributed by atoms with Crippen molar-refractivity contribution in [2.24, 2.45) is 0 Å². The summed E-state index contributed by atoms with van der Waals surface area (Å²) in [4.78, 5) is 11.0. The number of ether oxygens (including phenoxy) is 2. The number of amides is 1. The highest BCUT2D eigenvalue weighted by molar-refractivity contribution is 5.88. The molecule has 2 unspecified atom stereocenters. The molecule has 4 heteroatoms. The van der Waals surface area contributed by atoms with Gasteiger partial charge in [0.2, 0.25) is 5.91 Å². The fourth-order valence-electron chi connectivity index (χ4n) is 2.36. The fourth-order valence-corrected chi connectivity index (χ4v) is 2.36. The molecule has 0 bridgehead atoms. The van der Waals surface area contributed by atoms with Crippen molar-refractivity contribution < 1.29 is 14.3 Å². The molecule has 0 aromatic heterocycles. The number of benzene rings is 1. The highest BCUT2D eigenvalue weighted by Gasteiger charge is 2.56. The minimum Gasteiger partial charge on any atom is -0.485 e. The van der Waals surface area contributed by atoms with Gasteiger partial charge in [0.05, 0.1) is 0 Å². The van der Waals surface area contributed by atoms with Crippen molar-refractivity contribution in [1.29, 1.82) is 0 Å². The summed E-state index contributed by atoms with van der Waals surface area (Å²) in [5.74, 6) is 0.776. The number of anilines is 1. The van der Waals surface area contributed by atoms with Gasteiger partial charge in [-0.25, -0.2) is 0 Å². The zero-order chi connectivity index (χ0) is 12.2. The number of epoxide rings is 1. The van der Waals surface area contributed by atoms with E-state index in [1.165, 1.54) is 6.92 Å². The number of rotatable bonds is 1. The van der Waals surface area contributed by atoms with Gasteiger partial charge >= 0.3 is 0 Å². The lowest BCUT2D eigenvalue weighted by molar-refractivity contribution is -0.114. The Kier molecular flexibility index (Phi) is 2.01. The molecule has 2 heterocycles. The van der Waals surface area contributed by atoms with Crippen LogP contribution in [0, 0.1) is 0 Å². The van der Waals surface area contributed by atoms with E-state index >= 15 is 0 Å². The summed E-state index contributed by atoms with van der Waals surface area (Å²) >= 11 is 0. The van der Waals surface area contributed by atoms with Gasteiger partial charge in [0.1, 0.15) is 23.6 Å². The number of fused-ring (bicyclic) bond motifs is 3. The van der Waals surface area contributed by atoms with Crippen LogP contribution in [0.2, 0.25) is 0 Å². The zero-order valence-electron chi connectivity index (χ0n) is 10.1. The van der Waals surface area contributed by atoms with Crippen LogP contribution < -0.4 is 10.1 Å². The largest absolute Gasteiger partial charge is 0.485 e. The second kappa shape index (κ2) is 3.23. The lowest BCUT2D eigenvalue weighted by Gasteiger charge is -2.29. The molecule has 0 spiro atoms. The van der Waals surface area contributed by atoms with E-state index in [1.54, 1.807) is 0 Å². The van der Waals surface area contributed by atoms with Crippen LogP contribution in [0.1, 0.15) is 32.4 Å². The zero-order valence-corrected chi connectivity index (χ0v) is 10.1. The number of hydrogen-bond donors (Lipinski definition) is 1. The summed E-state index contributed by atoms with van der Waals surface area (Å²) in [6, 6.07) is 5.66. The van der Waals surface area contributed by atoms with E-state index in [9.17, 15) is 4.79 Å². The van der Waals surface area contributed by atoms with E-state index in [1.807, 2.05) is 32.0 Å². The summed E-state index contributed by atoms with van der Waals surface area (Å²) in [5, 5.41) is 2.76. The number of nitrogens with one attached hydrogen (secondary N) is 1. The number of carbonyl (C=O) groups excluding carboxylic acids is 1. The molecule has 90 valence electrons. The topological polar surface area (TPSA) is 50.9 Å². The standard InChI is InChI=1S/C13H15NO3/c1-7(15)14-8-4-5-10-9(6-8)11-12(16-11)13(2,3)17-10/h4-6,11-12H,1-3H3,(H,14,15). The Morgan fingerprint density at radius 1 is 1.41 bits per heavy atom. The van der Waals surface area contributed by atoms with Crippen LogP contribution >= 0.6 is 0 Å². The number of hydrogen-bond acceptors (Lipinski definition) is 3. The van der Waals surface area contributed by atoms with Crippen molar-refractivity contribution in [1.82, 2.24) is 0 Å². The summed E-state index contributed by atoms with van der Waals surface area (Å²) in [6.45, 7) is 5.56. The van der Waals surface area contributed by atoms with E-state index in [0.29, 0.717) is 0 Å². The maximum atomic E-state index is 11.0. The molecule has 1 aromatic carbocycles. The summed E-state index contributed by atoms with van der Waals surface area (Å²) in [6.07, 6.45) is 0.241. The van der Waals surface area contributed by atoms with Crippen LogP contribution in [0.3, 0.4) is 0 Å². The molecule has 0 aliphatic carbocycles. The van der Waals surface area contributed by atoms with E-state index < -0.39 is 0 Å². The van der Waals surface area contributed by atoms with Crippen molar-refractivity contribution in [3.05, 3.63) is 23.8 Å². The molecule has 17 heavy (non-hydrogen) atoms. The molecule has 3 rings (SSSR count). The highest BCUT2D eigenvalue weighted by Crippen LogP contribution is 2.54. The van der Waals surface area contributed by atoms with E-state index in [4.69, 9.17) is 9.47 Å². The van der Waals surface area contributed by atoms with Gasteiger partial charge in [-0.3, -0.25) is 4.79 Å². The van der Waals surface area contributed by atoms with Gasteiger partial charge in [-0.2, -0.15) is 0 Å². The second-order valence-corrected chi connectivity index (χ2v) is 5.12. The van der Waals surface area contributed by atoms with Gasteiger partial charge < -0.3 is 14.8 Å². The Bertz CT molecular complexity index is 495. The smallest absolute Gasteiger partial charge is 0.221 e. The molecular formula is C13H15NO3. The molecule has 1 amide bonds. The molecule has 0 saturated carbocycles. The van der Waals surface area contributed by atoms with Crippen molar-refractivity contribution in [2.75, 3.05) is 5.32 Å². The molecule has 4 nitrogen and oxygen atoms in total. The Labute approximate surface area is 99.9 Å². The Hall–Kier alpha value is -1.55. The average Bonchev–Trinajstić information content (AvgIpc) is 2.98. The van der Waals surface area contributed by atoms with Gasteiger partial charge in [0.15, 0.2) is 0 Å². The third-order valence-corrected chi connectivity index (χ3v) is 3.19. The first-order valence-corrected chi connectivity index (χ1v) is 5.73. The van der Waals surface area contributed by atoms with Crippen LogP contribution in [0.5, 0.6) is 5.75 Å². The van der Waals surface area contributed by atoms with Crippen molar-refractivity contribution in [3.8, 4) is 5.75 Å². The van der Waals surface area contributed by atoms with Gasteiger partial charge in [0, 0.05) is 18.2 Å². The summed E-state index contributed by atoms with van der Waals surface area (Å²) < 4.78 is 11.5. The first kappa shape index (κ1) is 10.6. The van der Waals surface area contributed by atoms with Crippen LogP contribution in [0.15, 0.2) is 18.2 Å². The van der Waals surface area contributed by atoms with E-state index in [-0.39, 0.29) is 23.7 Å². The third kappa shape index (κ3) is 1.69. The molecule has 2 aliphatic rings. The van der Waals surface area contributed by atoms with Gasteiger partial charge in [0.25, 0.3) is 0 Å². The quantitative estimate of drug-likeness (QED) is 0.757. The predicted molar refractivity (Wildman–Crippen MR) is 63.1 cm³/mol. The van der Waals surface area contributed by atoms with Crippen LogP contribution in [-0.2, 0) is 9.53 Å². The maximum absolute atomic E-state index is 11.0. The van der Waals surface area contributed by atoms with Crippen LogP contribution in [-0.4, -0.2) is 17.6 Å². The molecule has 2 aliphatic heterocycles. The Balaban J connectivity index is 1.95. The maximum Gasteiger partial charge on any atom is 0.221 e. The van der Waals surface area contributed by atoms with Crippen LogP contribution in [0.25, 0.3) is 0 Å². The van der Waals surface area contributed by atoms with Crippen LogP contribution in [0.4, 0.5) is 5.69 Å². The molecule has 1 saturated heterocycles. The molecule has 0 radical (unpaired) electrons. The van der Waals surface area contributed by atoms with Gasteiger partial charge in [-0.1, -0.05) is 0 Å². The van der Waals surface area contributed by atoms with Gasteiger partial charge in [-0.05, 0) is 32.0 Å². The minimum absolute atomic E-state index is 0.0738. The Morgan fingerprint density at radius 2 is 2.18 bits per heavy atom. The first-order chi connectivity index (χ1) is 7.97. The molecule has 1 fully saturated rings. The number of carbonyl (C=O) groups is 1. The lowest BCUT2D eigenvalue weighted by atomic mass is 9.94. The minimum atomic E-state index is -0.271. The average molecular weight is 233 g/mol. The lowest BCUT2D eigenvalue weighted by Crippen LogP contribution is -2.37. The highest BCUT2D eigenvalue weighted by atomic mass is 16.6. The summed E-state index contributed by atoms with van der Waals surface area (Å²) in [7, 11) is 0. The first-order valence-electron chi connectivity index (χ1n) is 5.73.